The van der Waals surface area contributed by atoms with E-state index in [-0.39, 0.29) is 5.78 Å². The van der Waals surface area contributed by atoms with Gasteiger partial charge in [-0.3, -0.25) is 14.4 Å². The monoisotopic (exact) mass is 275 g/mol. The van der Waals surface area contributed by atoms with Crippen LogP contribution in [0.3, 0.4) is 0 Å². The van der Waals surface area contributed by atoms with Gasteiger partial charge in [0.05, 0.1) is 18.4 Å². The number of amides is 1. The molecule has 1 heterocycles. The second kappa shape index (κ2) is 5.86. The van der Waals surface area contributed by atoms with Crippen LogP contribution in [-0.2, 0) is 9.59 Å². The van der Waals surface area contributed by atoms with E-state index in [9.17, 15) is 14.4 Å². The molecule has 0 saturated heterocycles. The molecule has 0 radical (unpaired) electrons. The van der Waals surface area contributed by atoms with Crippen molar-refractivity contribution in [3.8, 4) is 5.75 Å². The molecule has 0 aromatic heterocycles. The van der Waals surface area contributed by atoms with Gasteiger partial charge in [-0.1, -0.05) is 6.92 Å². The highest BCUT2D eigenvalue weighted by molar-refractivity contribution is 6.52. The van der Waals surface area contributed by atoms with Crippen molar-refractivity contribution in [1.82, 2.24) is 0 Å². The number of ketones is 2. The van der Waals surface area contributed by atoms with E-state index < -0.39 is 11.7 Å². The minimum Gasteiger partial charge on any atom is -0.497 e. The van der Waals surface area contributed by atoms with E-state index >= 15 is 0 Å². The summed E-state index contributed by atoms with van der Waals surface area (Å²) in [5.74, 6) is -0.267. The Morgan fingerprint density at radius 1 is 1.30 bits per heavy atom. The molecule has 20 heavy (non-hydrogen) atoms. The Balaban J connectivity index is 2.16. The van der Waals surface area contributed by atoms with E-state index in [1.54, 1.807) is 18.2 Å². The van der Waals surface area contributed by atoms with Gasteiger partial charge < -0.3 is 9.64 Å². The first-order chi connectivity index (χ1) is 9.58. The van der Waals surface area contributed by atoms with Crippen LogP contribution in [0.15, 0.2) is 18.2 Å². The molecule has 0 spiro atoms. The topological polar surface area (TPSA) is 63.7 Å². The number of carbonyl (C=O) groups is 3. The van der Waals surface area contributed by atoms with Gasteiger partial charge in [0.2, 0.25) is 0 Å². The van der Waals surface area contributed by atoms with Gasteiger partial charge in [-0.15, -0.1) is 0 Å². The number of hydrogen-bond acceptors (Lipinski definition) is 4. The van der Waals surface area contributed by atoms with Crippen molar-refractivity contribution in [3.05, 3.63) is 23.8 Å². The molecule has 1 amide bonds. The van der Waals surface area contributed by atoms with Crippen molar-refractivity contribution in [2.45, 2.75) is 26.2 Å². The highest BCUT2D eigenvalue weighted by Crippen LogP contribution is 2.32. The highest BCUT2D eigenvalue weighted by atomic mass is 16.5. The van der Waals surface area contributed by atoms with E-state index in [0.717, 1.165) is 0 Å². The molecule has 5 heteroatoms. The van der Waals surface area contributed by atoms with Gasteiger partial charge in [-0.05, 0) is 18.6 Å². The molecule has 106 valence electrons. The lowest BCUT2D eigenvalue weighted by Crippen LogP contribution is -2.30. The Morgan fingerprint density at radius 3 is 2.70 bits per heavy atom. The maximum atomic E-state index is 12.0. The number of nitrogens with zero attached hydrogens (tertiary/aromatic N) is 1. The van der Waals surface area contributed by atoms with Gasteiger partial charge in [0.15, 0.2) is 0 Å². The Morgan fingerprint density at radius 2 is 2.05 bits per heavy atom. The Labute approximate surface area is 117 Å². The second-order valence-corrected chi connectivity index (χ2v) is 4.66. The summed E-state index contributed by atoms with van der Waals surface area (Å²) in [4.78, 5) is 36.5. The van der Waals surface area contributed by atoms with Crippen LogP contribution in [0.2, 0.25) is 0 Å². The van der Waals surface area contributed by atoms with E-state index in [0.29, 0.717) is 42.8 Å². The van der Waals surface area contributed by atoms with Crippen LogP contribution in [0, 0.1) is 0 Å². The molecule has 0 N–H and O–H groups in total. The fourth-order valence-corrected chi connectivity index (χ4v) is 2.23. The van der Waals surface area contributed by atoms with Crippen LogP contribution in [0.4, 0.5) is 5.69 Å². The third-order valence-electron chi connectivity index (χ3n) is 3.41. The van der Waals surface area contributed by atoms with E-state index in [4.69, 9.17) is 4.74 Å². The maximum absolute atomic E-state index is 12.0. The predicted octanol–water partition coefficient (Wildman–Crippen LogP) is 1.98. The van der Waals surface area contributed by atoms with Crippen LogP contribution in [0.1, 0.15) is 36.5 Å². The van der Waals surface area contributed by atoms with Crippen molar-refractivity contribution < 1.29 is 19.1 Å². The van der Waals surface area contributed by atoms with Crippen molar-refractivity contribution >= 4 is 23.2 Å². The van der Waals surface area contributed by atoms with E-state index in [1.807, 2.05) is 6.92 Å². The molecule has 0 unspecified atom stereocenters. The average molecular weight is 275 g/mol. The molecule has 0 aliphatic carbocycles. The first-order valence-corrected chi connectivity index (χ1v) is 6.64. The van der Waals surface area contributed by atoms with Gasteiger partial charge in [0.25, 0.3) is 11.7 Å². The maximum Gasteiger partial charge on any atom is 0.299 e. The summed E-state index contributed by atoms with van der Waals surface area (Å²) < 4.78 is 5.11. The predicted molar refractivity (Wildman–Crippen MR) is 74.2 cm³/mol. The average Bonchev–Trinajstić information content (AvgIpc) is 2.71. The first-order valence-electron chi connectivity index (χ1n) is 6.64. The smallest absolute Gasteiger partial charge is 0.299 e. The summed E-state index contributed by atoms with van der Waals surface area (Å²) in [5, 5.41) is 0. The van der Waals surface area contributed by atoms with E-state index in [2.05, 4.69) is 0 Å². The lowest BCUT2D eigenvalue weighted by atomic mass is 10.1. The van der Waals surface area contributed by atoms with E-state index in [1.165, 1.54) is 12.0 Å². The fraction of sp³-hybridized carbons (Fsp3) is 0.400. The number of methoxy groups -OCH3 is 1. The number of benzene rings is 1. The number of anilines is 1. The summed E-state index contributed by atoms with van der Waals surface area (Å²) in [7, 11) is 1.53. The third kappa shape index (κ3) is 2.57. The van der Waals surface area contributed by atoms with Crippen molar-refractivity contribution in [1.29, 1.82) is 0 Å². The molecule has 2 rings (SSSR count). The molecule has 0 bridgehead atoms. The highest BCUT2D eigenvalue weighted by Gasteiger charge is 2.35. The summed E-state index contributed by atoms with van der Waals surface area (Å²) >= 11 is 0. The third-order valence-corrected chi connectivity index (χ3v) is 3.41. The van der Waals surface area contributed by atoms with Gasteiger partial charge >= 0.3 is 0 Å². The quantitative estimate of drug-likeness (QED) is 0.745. The normalized spacial score (nSPS) is 13.6. The Kier molecular flexibility index (Phi) is 4.17. The molecule has 0 atom stereocenters. The molecular formula is C15H17NO4. The zero-order chi connectivity index (χ0) is 14.7. The summed E-state index contributed by atoms with van der Waals surface area (Å²) in [6.45, 7) is 2.18. The Hall–Kier alpha value is -2.17. The van der Waals surface area contributed by atoms with Crippen LogP contribution >= 0.6 is 0 Å². The minimum atomic E-state index is -0.530. The Bertz CT molecular complexity index is 565. The van der Waals surface area contributed by atoms with Gasteiger partial charge in [-0.2, -0.15) is 0 Å². The van der Waals surface area contributed by atoms with Crippen molar-refractivity contribution in [3.63, 3.8) is 0 Å². The molecular weight excluding hydrogens is 258 g/mol. The number of fused-ring (bicyclic) bond motifs is 1. The molecule has 5 nitrogen and oxygen atoms in total. The zero-order valence-electron chi connectivity index (χ0n) is 11.6. The second-order valence-electron chi connectivity index (χ2n) is 4.66. The number of rotatable bonds is 6. The first kappa shape index (κ1) is 14.2. The van der Waals surface area contributed by atoms with Crippen molar-refractivity contribution in [2.75, 3.05) is 18.6 Å². The van der Waals surface area contributed by atoms with Crippen LogP contribution < -0.4 is 9.64 Å². The van der Waals surface area contributed by atoms with Crippen LogP contribution in [-0.4, -0.2) is 31.1 Å². The number of ether oxygens (including phenoxy) is 1. The number of carbonyl (C=O) groups excluding carboxylic acids is 3. The summed E-state index contributed by atoms with van der Waals surface area (Å²) in [6.07, 6.45) is 1.48. The largest absolute Gasteiger partial charge is 0.497 e. The van der Waals surface area contributed by atoms with Crippen LogP contribution in [0.5, 0.6) is 5.75 Å². The van der Waals surface area contributed by atoms with Gasteiger partial charge in [0, 0.05) is 25.5 Å². The zero-order valence-corrected chi connectivity index (χ0v) is 11.6. The molecule has 0 fully saturated rings. The summed E-state index contributed by atoms with van der Waals surface area (Å²) in [5.41, 5.74) is 0.973. The molecule has 1 aromatic rings. The number of hydrogen-bond donors (Lipinski definition) is 0. The molecule has 1 aliphatic heterocycles. The molecule has 1 aromatic carbocycles. The summed E-state index contributed by atoms with van der Waals surface area (Å²) in [6, 6.07) is 4.94. The lowest BCUT2D eigenvalue weighted by Gasteiger charge is -2.16. The fourth-order valence-electron chi connectivity index (χ4n) is 2.23. The molecule has 0 saturated carbocycles. The minimum absolute atomic E-state index is 0.161. The van der Waals surface area contributed by atoms with Crippen molar-refractivity contribution in [2.24, 2.45) is 0 Å². The van der Waals surface area contributed by atoms with Gasteiger partial charge in [-0.25, -0.2) is 0 Å². The SMILES string of the molecule is CCC(=O)CCCN1C(=O)C(=O)c2ccc(OC)cc21. The van der Waals surface area contributed by atoms with Crippen LogP contribution in [0.25, 0.3) is 0 Å². The standard InChI is InChI=1S/C15H17NO4/c1-3-10(17)5-4-8-16-13-9-11(20-2)6-7-12(13)14(18)15(16)19/h6-7,9H,3-5,8H2,1-2H3. The lowest BCUT2D eigenvalue weighted by molar-refractivity contribution is -0.119. The molecule has 1 aliphatic rings. The van der Waals surface area contributed by atoms with Gasteiger partial charge in [0.1, 0.15) is 11.5 Å². The number of Topliss-reactive ketones (excluding diaryl/α,β-unsaturated/α-hetero) is 2.